The molecule has 1 fully saturated rings. The molecule has 1 aromatic rings. The van der Waals surface area contributed by atoms with Gasteiger partial charge in [0.15, 0.2) is 12.4 Å². The van der Waals surface area contributed by atoms with Crippen molar-refractivity contribution in [3.05, 3.63) is 34.4 Å². The molecular weight excluding hydrogens is 264 g/mol. The van der Waals surface area contributed by atoms with Gasteiger partial charge in [-0.3, -0.25) is 20.3 Å². The number of nitrogens with one attached hydrogen (secondary N) is 3. The maximum atomic E-state index is 11.7. The van der Waals surface area contributed by atoms with E-state index in [2.05, 4.69) is 16.2 Å². The number of nitro groups is 1. The molecule has 0 aromatic heterocycles. The lowest BCUT2D eigenvalue weighted by atomic mass is 10.2. The summed E-state index contributed by atoms with van der Waals surface area (Å²) in [5.74, 6) is -0.255. The first-order valence-corrected chi connectivity index (χ1v) is 6.23. The number of nitro benzene ring substituents is 1. The van der Waals surface area contributed by atoms with Gasteiger partial charge in [-0.25, -0.2) is 5.43 Å². The van der Waals surface area contributed by atoms with E-state index in [0.717, 1.165) is 6.42 Å². The number of hydrogen-bond acceptors (Lipinski definition) is 6. The Labute approximate surface area is 115 Å². The average Bonchev–Trinajstić information content (AvgIpc) is 2.82. The van der Waals surface area contributed by atoms with E-state index in [4.69, 9.17) is 4.74 Å². The number of hydrazine groups is 1. The molecule has 0 bridgehead atoms. The molecule has 2 rings (SSSR count). The summed E-state index contributed by atoms with van der Waals surface area (Å²) in [5.41, 5.74) is 5.74. The fraction of sp³-hybridized carbons (Fsp3) is 0.417. The predicted octanol–water partition coefficient (Wildman–Crippen LogP) is 0.302. The Morgan fingerprint density at radius 3 is 2.90 bits per heavy atom. The fourth-order valence-electron chi connectivity index (χ4n) is 1.92. The number of benzene rings is 1. The average molecular weight is 280 g/mol. The van der Waals surface area contributed by atoms with Gasteiger partial charge in [-0.1, -0.05) is 12.1 Å². The van der Waals surface area contributed by atoms with Gasteiger partial charge in [-0.05, 0) is 19.4 Å². The third-order valence-electron chi connectivity index (χ3n) is 2.85. The van der Waals surface area contributed by atoms with Gasteiger partial charge >= 0.3 is 5.69 Å². The van der Waals surface area contributed by atoms with Crippen LogP contribution in [0.3, 0.4) is 0 Å². The number of hydrogen-bond donors (Lipinski definition) is 3. The third kappa shape index (κ3) is 3.65. The number of carbonyl (C=O) groups excluding carboxylic acids is 1. The number of amides is 1. The number of rotatable bonds is 5. The number of para-hydroxylation sites is 2. The molecule has 8 heteroatoms. The summed E-state index contributed by atoms with van der Waals surface area (Å²) >= 11 is 0. The zero-order valence-electron chi connectivity index (χ0n) is 11.0. The molecule has 20 heavy (non-hydrogen) atoms. The zero-order valence-corrected chi connectivity index (χ0v) is 11.0. The van der Waals surface area contributed by atoms with Crippen molar-refractivity contribution in [3.63, 3.8) is 0 Å². The molecule has 2 atom stereocenters. The molecule has 8 nitrogen and oxygen atoms in total. The van der Waals surface area contributed by atoms with Crippen LogP contribution in [0.4, 0.5) is 5.69 Å². The molecule has 1 aliphatic heterocycles. The highest BCUT2D eigenvalue weighted by molar-refractivity contribution is 5.78. The Morgan fingerprint density at radius 2 is 2.25 bits per heavy atom. The minimum atomic E-state index is -0.544. The van der Waals surface area contributed by atoms with Gasteiger partial charge in [-0.2, -0.15) is 0 Å². The van der Waals surface area contributed by atoms with Crippen molar-refractivity contribution in [1.82, 2.24) is 16.2 Å². The predicted molar refractivity (Wildman–Crippen MR) is 70.9 cm³/mol. The Morgan fingerprint density at radius 1 is 1.50 bits per heavy atom. The molecule has 0 aliphatic carbocycles. The summed E-state index contributed by atoms with van der Waals surface area (Å²) in [6.45, 7) is 1.72. The van der Waals surface area contributed by atoms with Crippen LogP contribution in [-0.2, 0) is 4.79 Å². The first-order chi connectivity index (χ1) is 9.56. The second-order valence-electron chi connectivity index (χ2n) is 4.56. The highest BCUT2D eigenvalue weighted by atomic mass is 16.6. The van der Waals surface area contributed by atoms with Crippen LogP contribution < -0.4 is 20.9 Å². The first kappa shape index (κ1) is 14.2. The molecule has 1 saturated heterocycles. The normalized spacial score (nSPS) is 21.4. The Balaban J connectivity index is 1.86. The molecule has 3 N–H and O–H groups in total. The van der Waals surface area contributed by atoms with E-state index in [1.54, 1.807) is 12.1 Å². The molecule has 0 saturated carbocycles. The first-order valence-electron chi connectivity index (χ1n) is 6.23. The standard InChI is InChI=1S/C12H16N4O4/c1-8-6-11(15-14-8)13-12(17)7-20-10-5-3-2-4-9(10)16(18)19/h2-5,8,11,14-15H,6-7H2,1H3,(H,13,17). The molecular formula is C12H16N4O4. The van der Waals surface area contributed by atoms with Crippen molar-refractivity contribution in [3.8, 4) is 5.75 Å². The van der Waals surface area contributed by atoms with E-state index < -0.39 is 4.92 Å². The Bertz CT molecular complexity index is 508. The van der Waals surface area contributed by atoms with Crippen molar-refractivity contribution in [2.75, 3.05) is 6.61 Å². The minimum absolute atomic E-state index is 0.0820. The van der Waals surface area contributed by atoms with E-state index in [-0.39, 0.29) is 36.2 Å². The second-order valence-corrected chi connectivity index (χ2v) is 4.56. The second kappa shape index (κ2) is 6.31. The topological polar surface area (TPSA) is 106 Å². The summed E-state index contributed by atoms with van der Waals surface area (Å²) in [7, 11) is 0. The Kier molecular flexibility index (Phi) is 4.49. The SMILES string of the molecule is CC1CC(NC(=O)COc2ccccc2[N+](=O)[O-])NN1. The van der Waals surface area contributed by atoms with Gasteiger partial charge in [0.25, 0.3) is 5.91 Å². The van der Waals surface area contributed by atoms with Crippen LogP contribution in [0.15, 0.2) is 24.3 Å². The Hall–Kier alpha value is -2.19. The molecule has 108 valence electrons. The van der Waals surface area contributed by atoms with Gasteiger partial charge in [0.1, 0.15) is 0 Å². The van der Waals surface area contributed by atoms with Crippen LogP contribution in [0.5, 0.6) is 5.75 Å². The highest BCUT2D eigenvalue weighted by Crippen LogP contribution is 2.25. The van der Waals surface area contributed by atoms with Crippen LogP contribution >= 0.6 is 0 Å². The minimum Gasteiger partial charge on any atom is -0.477 e. The lowest BCUT2D eigenvalue weighted by Gasteiger charge is -2.12. The molecule has 1 amide bonds. The van der Waals surface area contributed by atoms with Crippen LogP contribution in [0.25, 0.3) is 0 Å². The lowest BCUT2D eigenvalue weighted by Crippen LogP contribution is -2.45. The van der Waals surface area contributed by atoms with Gasteiger partial charge in [0.2, 0.25) is 0 Å². The third-order valence-corrected chi connectivity index (χ3v) is 2.85. The fourth-order valence-corrected chi connectivity index (χ4v) is 1.92. The number of ether oxygens (including phenoxy) is 1. The molecule has 2 unspecified atom stereocenters. The molecule has 0 spiro atoms. The van der Waals surface area contributed by atoms with Crippen LogP contribution in [0, 0.1) is 10.1 Å². The molecule has 1 heterocycles. The van der Waals surface area contributed by atoms with Gasteiger partial charge in [0, 0.05) is 12.1 Å². The quantitative estimate of drug-likeness (QED) is 0.529. The van der Waals surface area contributed by atoms with Gasteiger partial charge in [-0.15, -0.1) is 0 Å². The molecule has 1 aliphatic rings. The summed E-state index contributed by atoms with van der Waals surface area (Å²) in [5, 5.41) is 13.5. The van der Waals surface area contributed by atoms with Crippen molar-refractivity contribution in [2.45, 2.75) is 25.6 Å². The van der Waals surface area contributed by atoms with E-state index >= 15 is 0 Å². The maximum Gasteiger partial charge on any atom is 0.310 e. The number of carbonyl (C=O) groups is 1. The van der Waals surface area contributed by atoms with Crippen LogP contribution in [0.1, 0.15) is 13.3 Å². The summed E-state index contributed by atoms with van der Waals surface area (Å²) in [4.78, 5) is 21.9. The van der Waals surface area contributed by atoms with Gasteiger partial charge < -0.3 is 10.1 Å². The lowest BCUT2D eigenvalue weighted by molar-refractivity contribution is -0.385. The van der Waals surface area contributed by atoms with Crippen molar-refractivity contribution >= 4 is 11.6 Å². The summed E-state index contributed by atoms with van der Waals surface area (Å²) < 4.78 is 5.20. The monoisotopic (exact) mass is 280 g/mol. The maximum absolute atomic E-state index is 11.7. The van der Waals surface area contributed by atoms with Crippen LogP contribution in [-0.4, -0.2) is 29.6 Å². The van der Waals surface area contributed by atoms with Crippen molar-refractivity contribution in [1.29, 1.82) is 0 Å². The van der Waals surface area contributed by atoms with E-state index in [0.29, 0.717) is 0 Å². The molecule has 1 aromatic carbocycles. The van der Waals surface area contributed by atoms with E-state index in [1.807, 2.05) is 6.92 Å². The highest BCUT2D eigenvalue weighted by Gasteiger charge is 2.22. The number of nitrogens with zero attached hydrogens (tertiary/aromatic N) is 1. The van der Waals surface area contributed by atoms with Crippen LogP contribution in [0.2, 0.25) is 0 Å². The smallest absolute Gasteiger partial charge is 0.310 e. The van der Waals surface area contributed by atoms with E-state index in [9.17, 15) is 14.9 Å². The summed E-state index contributed by atoms with van der Waals surface area (Å²) in [6, 6.07) is 6.22. The van der Waals surface area contributed by atoms with Crippen molar-refractivity contribution < 1.29 is 14.5 Å². The van der Waals surface area contributed by atoms with Gasteiger partial charge in [0.05, 0.1) is 11.1 Å². The van der Waals surface area contributed by atoms with E-state index in [1.165, 1.54) is 12.1 Å². The zero-order chi connectivity index (χ0) is 14.5. The largest absolute Gasteiger partial charge is 0.477 e. The molecule has 0 radical (unpaired) electrons. The summed E-state index contributed by atoms with van der Waals surface area (Å²) in [6.07, 6.45) is 0.601. The van der Waals surface area contributed by atoms with Crippen molar-refractivity contribution in [2.24, 2.45) is 0 Å².